The Hall–Kier alpha value is -2.42. The molecule has 6 nitrogen and oxygen atoms in total. The van der Waals surface area contributed by atoms with Crippen molar-refractivity contribution in [3.8, 4) is 6.07 Å². The molecule has 1 N–H and O–H groups in total. The van der Waals surface area contributed by atoms with Crippen LogP contribution in [0.4, 0.5) is 5.69 Å². The molecule has 0 unspecified atom stereocenters. The largest absolute Gasteiger partial charge is 0.341 e. The molecule has 0 atom stereocenters. The molecule has 0 aliphatic heterocycles. The van der Waals surface area contributed by atoms with Crippen LogP contribution in [0.15, 0.2) is 18.2 Å². The fraction of sp³-hybridized carbons (Fsp3) is 0.111. The minimum absolute atomic E-state index is 0.00894. The van der Waals surface area contributed by atoms with Gasteiger partial charge in [-0.1, -0.05) is 0 Å². The highest BCUT2D eigenvalue weighted by Crippen LogP contribution is 2.18. The number of hydrogen-bond acceptors (Lipinski definition) is 4. The number of nitrogens with one attached hydrogen (secondary N) is 1. The van der Waals surface area contributed by atoms with Gasteiger partial charge < -0.3 is 4.98 Å². The number of aromatic nitrogens is 2. The molecule has 0 bridgehead atoms. The molecule has 6 heteroatoms. The van der Waals surface area contributed by atoms with E-state index in [1.165, 1.54) is 12.1 Å². The van der Waals surface area contributed by atoms with E-state index in [1.807, 2.05) is 6.07 Å². The predicted octanol–water partition coefficient (Wildman–Crippen LogP) is 1.54. The highest BCUT2D eigenvalue weighted by atomic mass is 16.6. The molecule has 0 aliphatic rings. The van der Waals surface area contributed by atoms with E-state index in [9.17, 15) is 10.1 Å². The van der Waals surface area contributed by atoms with Gasteiger partial charge in [0.2, 0.25) is 0 Å². The number of fused-ring (bicyclic) bond motifs is 1. The molecule has 15 heavy (non-hydrogen) atoms. The van der Waals surface area contributed by atoms with Crippen molar-refractivity contribution in [3.05, 3.63) is 34.1 Å². The molecule has 0 aliphatic carbocycles. The topological polar surface area (TPSA) is 95.6 Å². The van der Waals surface area contributed by atoms with Gasteiger partial charge in [-0.15, -0.1) is 0 Å². The summed E-state index contributed by atoms with van der Waals surface area (Å²) >= 11 is 0. The Morgan fingerprint density at radius 1 is 1.60 bits per heavy atom. The molecular formula is C9H6N4O2. The van der Waals surface area contributed by atoms with Crippen molar-refractivity contribution >= 4 is 16.7 Å². The van der Waals surface area contributed by atoms with E-state index in [0.717, 1.165) is 0 Å². The SMILES string of the molecule is N#CCc1nc2ccc([N+](=O)[O-])cc2[nH]1. The summed E-state index contributed by atoms with van der Waals surface area (Å²) in [6, 6.07) is 6.31. The molecule has 0 saturated heterocycles. The van der Waals surface area contributed by atoms with Gasteiger partial charge in [-0.3, -0.25) is 10.1 Å². The summed E-state index contributed by atoms with van der Waals surface area (Å²) in [4.78, 5) is 17.0. The van der Waals surface area contributed by atoms with E-state index in [-0.39, 0.29) is 12.1 Å². The van der Waals surface area contributed by atoms with Crippen LogP contribution in [-0.2, 0) is 6.42 Å². The maximum absolute atomic E-state index is 10.5. The molecule has 1 heterocycles. The summed E-state index contributed by atoms with van der Waals surface area (Å²) in [6.45, 7) is 0. The lowest BCUT2D eigenvalue weighted by molar-refractivity contribution is -0.384. The molecule has 1 aromatic carbocycles. The average Bonchev–Trinajstić information content (AvgIpc) is 2.59. The van der Waals surface area contributed by atoms with Crippen LogP contribution < -0.4 is 0 Å². The van der Waals surface area contributed by atoms with Gasteiger partial charge in [-0.2, -0.15) is 5.26 Å². The third-order valence-corrected chi connectivity index (χ3v) is 1.97. The zero-order valence-electron chi connectivity index (χ0n) is 7.60. The van der Waals surface area contributed by atoms with Crippen LogP contribution in [0.25, 0.3) is 11.0 Å². The van der Waals surface area contributed by atoms with Gasteiger partial charge in [0.25, 0.3) is 5.69 Å². The molecule has 74 valence electrons. The minimum Gasteiger partial charge on any atom is -0.341 e. The Bertz CT molecular complexity index is 567. The van der Waals surface area contributed by atoms with E-state index in [1.54, 1.807) is 6.07 Å². The maximum Gasteiger partial charge on any atom is 0.271 e. The summed E-state index contributed by atoms with van der Waals surface area (Å²) in [5.74, 6) is 0.521. The zero-order chi connectivity index (χ0) is 10.8. The lowest BCUT2D eigenvalue weighted by Gasteiger charge is -1.89. The summed E-state index contributed by atoms with van der Waals surface area (Å²) in [6.07, 6.45) is 0.169. The van der Waals surface area contributed by atoms with Crippen LogP contribution in [-0.4, -0.2) is 14.9 Å². The van der Waals surface area contributed by atoms with Crippen molar-refractivity contribution < 1.29 is 4.92 Å². The number of hydrogen-bond donors (Lipinski definition) is 1. The van der Waals surface area contributed by atoms with E-state index >= 15 is 0 Å². The highest BCUT2D eigenvalue weighted by Gasteiger charge is 2.08. The van der Waals surface area contributed by atoms with Gasteiger partial charge in [0, 0.05) is 12.1 Å². The van der Waals surface area contributed by atoms with Crippen LogP contribution in [0.3, 0.4) is 0 Å². The fourth-order valence-corrected chi connectivity index (χ4v) is 1.32. The minimum atomic E-state index is -0.468. The van der Waals surface area contributed by atoms with Crippen LogP contribution in [0, 0.1) is 21.4 Å². The van der Waals surface area contributed by atoms with Gasteiger partial charge in [0.05, 0.1) is 28.4 Å². The molecule has 2 rings (SSSR count). The monoisotopic (exact) mass is 202 g/mol. The molecule has 0 amide bonds. The number of rotatable bonds is 2. The normalized spacial score (nSPS) is 10.1. The number of nitriles is 1. The third-order valence-electron chi connectivity index (χ3n) is 1.97. The Labute approximate surface area is 84.3 Å². The van der Waals surface area contributed by atoms with E-state index in [2.05, 4.69) is 9.97 Å². The number of H-pyrrole nitrogens is 1. The smallest absolute Gasteiger partial charge is 0.271 e. The number of non-ortho nitro benzene ring substituents is 1. The summed E-state index contributed by atoms with van der Waals surface area (Å²) < 4.78 is 0. The third kappa shape index (κ3) is 1.62. The standard InChI is InChI=1S/C9H6N4O2/c10-4-3-9-11-7-2-1-6(13(14)15)5-8(7)12-9/h1-2,5H,3H2,(H,11,12). The number of imidazole rings is 1. The lowest BCUT2D eigenvalue weighted by atomic mass is 10.3. The van der Waals surface area contributed by atoms with E-state index in [0.29, 0.717) is 16.9 Å². The number of nitro groups is 1. The van der Waals surface area contributed by atoms with Crippen molar-refractivity contribution in [2.24, 2.45) is 0 Å². The summed E-state index contributed by atoms with van der Waals surface area (Å²) in [5.41, 5.74) is 1.22. The molecule has 1 aromatic heterocycles. The van der Waals surface area contributed by atoms with Crippen LogP contribution in [0.5, 0.6) is 0 Å². The Kier molecular flexibility index (Phi) is 2.06. The molecule has 0 radical (unpaired) electrons. The first-order chi connectivity index (χ1) is 7.20. The van der Waals surface area contributed by atoms with Crippen molar-refractivity contribution in [1.29, 1.82) is 5.26 Å². The average molecular weight is 202 g/mol. The van der Waals surface area contributed by atoms with E-state index < -0.39 is 4.92 Å². The second-order valence-corrected chi connectivity index (χ2v) is 2.98. The van der Waals surface area contributed by atoms with Crippen molar-refractivity contribution in [2.75, 3.05) is 0 Å². The number of aromatic amines is 1. The molecule has 0 spiro atoms. The molecular weight excluding hydrogens is 196 g/mol. The molecule has 0 saturated carbocycles. The predicted molar refractivity (Wildman–Crippen MR) is 52.1 cm³/mol. The van der Waals surface area contributed by atoms with Crippen LogP contribution in [0.2, 0.25) is 0 Å². The molecule has 2 aromatic rings. The Morgan fingerprint density at radius 2 is 2.40 bits per heavy atom. The first kappa shape index (κ1) is 9.15. The number of nitro benzene ring substituents is 1. The van der Waals surface area contributed by atoms with Gasteiger partial charge in [-0.05, 0) is 6.07 Å². The first-order valence-electron chi connectivity index (χ1n) is 4.20. The highest BCUT2D eigenvalue weighted by molar-refractivity contribution is 5.77. The second-order valence-electron chi connectivity index (χ2n) is 2.98. The number of benzene rings is 1. The fourth-order valence-electron chi connectivity index (χ4n) is 1.32. The quantitative estimate of drug-likeness (QED) is 0.590. The lowest BCUT2D eigenvalue weighted by Crippen LogP contribution is -1.86. The summed E-state index contributed by atoms with van der Waals surface area (Å²) in [5, 5.41) is 19.0. The Morgan fingerprint density at radius 3 is 3.07 bits per heavy atom. The zero-order valence-corrected chi connectivity index (χ0v) is 7.60. The van der Waals surface area contributed by atoms with Crippen LogP contribution in [0.1, 0.15) is 5.82 Å². The maximum atomic E-state index is 10.5. The van der Waals surface area contributed by atoms with Gasteiger partial charge in [-0.25, -0.2) is 4.98 Å². The summed E-state index contributed by atoms with van der Waals surface area (Å²) in [7, 11) is 0. The number of nitrogens with zero attached hydrogens (tertiary/aromatic N) is 3. The van der Waals surface area contributed by atoms with Gasteiger partial charge >= 0.3 is 0 Å². The first-order valence-corrected chi connectivity index (χ1v) is 4.20. The van der Waals surface area contributed by atoms with Crippen molar-refractivity contribution in [3.63, 3.8) is 0 Å². The Balaban J connectivity index is 2.53. The van der Waals surface area contributed by atoms with Crippen molar-refractivity contribution in [2.45, 2.75) is 6.42 Å². The van der Waals surface area contributed by atoms with Gasteiger partial charge in [0.1, 0.15) is 5.82 Å². The second kappa shape index (κ2) is 3.38. The van der Waals surface area contributed by atoms with E-state index in [4.69, 9.17) is 5.26 Å². The molecule has 0 fully saturated rings. The van der Waals surface area contributed by atoms with Crippen molar-refractivity contribution in [1.82, 2.24) is 9.97 Å². The van der Waals surface area contributed by atoms with Crippen LogP contribution >= 0.6 is 0 Å². The van der Waals surface area contributed by atoms with Gasteiger partial charge in [0.15, 0.2) is 0 Å².